The van der Waals surface area contributed by atoms with Crippen LogP contribution in [0, 0.1) is 0 Å². The van der Waals surface area contributed by atoms with Crippen molar-refractivity contribution in [1.29, 1.82) is 0 Å². The fraction of sp³-hybridized carbons (Fsp3) is 0.643. The number of hydrogen-bond acceptors (Lipinski definition) is 4. The number of nitrogens with zero attached hydrogens (tertiary/aromatic N) is 2. The summed E-state index contributed by atoms with van der Waals surface area (Å²) in [4.78, 5) is 6.74. The molecule has 18 heavy (non-hydrogen) atoms. The lowest BCUT2D eigenvalue weighted by molar-refractivity contribution is -0.133. The first kappa shape index (κ1) is 13.3. The van der Waals surface area contributed by atoms with Gasteiger partial charge in [-0.25, -0.2) is 4.98 Å². The molecule has 1 aliphatic heterocycles. The molecule has 2 rings (SSSR count). The maximum Gasteiger partial charge on any atom is 0.128 e. The Bertz CT molecular complexity index is 413. The minimum absolute atomic E-state index is 0.165. The molecule has 1 saturated heterocycles. The third-order valence-electron chi connectivity index (χ3n) is 3.07. The van der Waals surface area contributed by atoms with E-state index in [1.165, 1.54) is 0 Å². The fourth-order valence-corrected chi connectivity index (χ4v) is 2.71. The molecule has 0 amide bonds. The molecule has 0 bridgehead atoms. The zero-order valence-corrected chi connectivity index (χ0v) is 11.7. The number of rotatable bonds is 2. The Kier molecular flexibility index (Phi) is 3.34. The number of hydrogen-bond donors (Lipinski definition) is 1. The third kappa shape index (κ3) is 3.00. The van der Waals surface area contributed by atoms with Gasteiger partial charge in [-0.3, -0.25) is 0 Å². The number of pyridine rings is 1. The van der Waals surface area contributed by atoms with Crippen molar-refractivity contribution in [3.63, 3.8) is 0 Å². The van der Waals surface area contributed by atoms with Gasteiger partial charge in [-0.15, -0.1) is 0 Å². The molecule has 0 atom stereocenters. The van der Waals surface area contributed by atoms with Crippen LogP contribution < -0.4 is 10.6 Å². The summed E-state index contributed by atoms with van der Waals surface area (Å²) in [5, 5.41) is 0. The summed E-state index contributed by atoms with van der Waals surface area (Å²) in [6.07, 6.45) is 1.83. The number of nitrogens with two attached hydrogens (primary N) is 1. The van der Waals surface area contributed by atoms with E-state index in [0.29, 0.717) is 6.54 Å². The van der Waals surface area contributed by atoms with Crippen molar-refractivity contribution in [3.8, 4) is 0 Å². The summed E-state index contributed by atoms with van der Waals surface area (Å²) in [5.41, 5.74) is 6.47. The molecule has 0 spiro atoms. The second-order valence-corrected chi connectivity index (χ2v) is 6.20. The van der Waals surface area contributed by atoms with Crippen LogP contribution in [0.5, 0.6) is 0 Å². The van der Waals surface area contributed by atoms with E-state index in [9.17, 15) is 0 Å². The zero-order chi connectivity index (χ0) is 13.4. The second kappa shape index (κ2) is 4.52. The fourth-order valence-electron chi connectivity index (χ4n) is 2.71. The Balaban J connectivity index is 2.26. The Morgan fingerprint density at radius 1 is 1.28 bits per heavy atom. The Labute approximate surface area is 109 Å². The van der Waals surface area contributed by atoms with Crippen molar-refractivity contribution in [2.24, 2.45) is 5.73 Å². The van der Waals surface area contributed by atoms with Gasteiger partial charge in [0.1, 0.15) is 5.82 Å². The molecule has 1 aromatic rings. The van der Waals surface area contributed by atoms with Crippen LogP contribution >= 0.6 is 0 Å². The van der Waals surface area contributed by atoms with Gasteiger partial charge in [-0.1, -0.05) is 0 Å². The highest BCUT2D eigenvalue weighted by Crippen LogP contribution is 2.30. The van der Waals surface area contributed by atoms with Crippen LogP contribution in [-0.4, -0.2) is 29.3 Å². The molecule has 100 valence electrons. The third-order valence-corrected chi connectivity index (χ3v) is 3.07. The summed E-state index contributed by atoms with van der Waals surface area (Å²) in [7, 11) is 0. The minimum atomic E-state index is -0.165. The molecule has 4 heteroatoms. The molecule has 0 unspecified atom stereocenters. The van der Waals surface area contributed by atoms with E-state index >= 15 is 0 Å². The van der Waals surface area contributed by atoms with Crippen LogP contribution in [-0.2, 0) is 11.3 Å². The Morgan fingerprint density at radius 2 is 1.89 bits per heavy atom. The molecule has 0 radical (unpaired) electrons. The molecule has 1 fully saturated rings. The monoisotopic (exact) mass is 249 g/mol. The van der Waals surface area contributed by atoms with Gasteiger partial charge in [0, 0.05) is 25.8 Å². The quantitative estimate of drug-likeness (QED) is 0.870. The van der Waals surface area contributed by atoms with Crippen LogP contribution in [0.3, 0.4) is 0 Å². The van der Waals surface area contributed by atoms with Gasteiger partial charge >= 0.3 is 0 Å². The SMILES string of the molecule is CC1(C)CN(c2cc(CN)ccn2)CC(C)(C)O1. The molecule has 1 aromatic heterocycles. The molecular weight excluding hydrogens is 226 g/mol. The normalized spacial score (nSPS) is 21.9. The standard InChI is InChI=1S/C14H23N3O/c1-13(2)9-17(10-14(3,4)18-13)12-7-11(8-15)5-6-16-12/h5-7H,8-10,15H2,1-4H3. The maximum absolute atomic E-state index is 6.08. The average molecular weight is 249 g/mol. The molecular formula is C14H23N3O. The van der Waals surface area contributed by atoms with Crippen LogP contribution in [0.4, 0.5) is 5.82 Å². The lowest BCUT2D eigenvalue weighted by Gasteiger charge is -2.47. The highest BCUT2D eigenvalue weighted by atomic mass is 16.5. The Hall–Kier alpha value is -1.13. The van der Waals surface area contributed by atoms with Crippen LogP contribution in [0.25, 0.3) is 0 Å². The number of aromatic nitrogens is 1. The summed E-state index contributed by atoms with van der Waals surface area (Å²) in [6, 6.07) is 4.03. The predicted molar refractivity (Wildman–Crippen MR) is 73.6 cm³/mol. The van der Waals surface area contributed by atoms with Gasteiger partial charge < -0.3 is 15.4 Å². The van der Waals surface area contributed by atoms with Gasteiger partial charge in [-0.2, -0.15) is 0 Å². The zero-order valence-electron chi connectivity index (χ0n) is 11.7. The van der Waals surface area contributed by atoms with E-state index in [1.54, 1.807) is 0 Å². The second-order valence-electron chi connectivity index (χ2n) is 6.20. The van der Waals surface area contributed by atoms with Crippen LogP contribution in [0.2, 0.25) is 0 Å². The van der Waals surface area contributed by atoms with Gasteiger partial charge in [0.05, 0.1) is 11.2 Å². The minimum Gasteiger partial charge on any atom is -0.366 e. The van der Waals surface area contributed by atoms with Crippen molar-refractivity contribution in [2.75, 3.05) is 18.0 Å². The van der Waals surface area contributed by atoms with Crippen molar-refractivity contribution in [1.82, 2.24) is 4.98 Å². The molecule has 0 saturated carbocycles. The Morgan fingerprint density at radius 3 is 2.44 bits per heavy atom. The number of anilines is 1. The largest absolute Gasteiger partial charge is 0.366 e. The molecule has 0 aromatic carbocycles. The van der Waals surface area contributed by atoms with E-state index < -0.39 is 0 Å². The topological polar surface area (TPSA) is 51.4 Å². The first-order valence-electron chi connectivity index (χ1n) is 6.41. The van der Waals surface area contributed by atoms with Crippen LogP contribution in [0.1, 0.15) is 33.3 Å². The molecule has 2 N–H and O–H groups in total. The van der Waals surface area contributed by atoms with Crippen molar-refractivity contribution in [2.45, 2.75) is 45.4 Å². The number of morpholine rings is 1. The molecule has 1 aliphatic rings. The van der Waals surface area contributed by atoms with E-state index in [2.05, 4.69) is 43.6 Å². The van der Waals surface area contributed by atoms with Crippen molar-refractivity contribution in [3.05, 3.63) is 23.9 Å². The smallest absolute Gasteiger partial charge is 0.128 e. The van der Waals surface area contributed by atoms with Gasteiger partial charge in [0.2, 0.25) is 0 Å². The van der Waals surface area contributed by atoms with E-state index in [0.717, 1.165) is 24.5 Å². The highest BCUT2D eigenvalue weighted by molar-refractivity contribution is 5.42. The van der Waals surface area contributed by atoms with Gasteiger partial charge in [-0.05, 0) is 45.4 Å². The predicted octanol–water partition coefficient (Wildman–Crippen LogP) is 1.93. The average Bonchev–Trinajstić information content (AvgIpc) is 2.25. The summed E-state index contributed by atoms with van der Waals surface area (Å²) in [5.74, 6) is 0.988. The maximum atomic E-state index is 6.08. The van der Waals surface area contributed by atoms with E-state index in [4.69, 9.17) is 10.5 Å². The van der Waals surface area contributed by atoms with Crippen LogP contribution in [0.15, 0.2) is 18.3 Å². The van der Waals surface area contributed by atoms with Gasteiger partial charge in [0.25, 0.3) is 0 Å². The first-order chi connectivity index (χ1) is 8.31. The summed E-state index contributed by atoms with van der Waals surface area (Å²) >= 11 is 0. The lowest BCUT2D eigenvalue weighted by atomic mass is 9.99. The number of ether oxygens (including phenoxy) is 1. The van der Waals surface area contributed by atoms with E-state index in [1.807, 2.05) is 12.3 Å². The van der Waals surface area contributed by atoms with Crippen molar-refractivity contribution < 1.29 is 4.74 Å². The van der Waals surface area contributed by atoms with Crippen molar-refractivity contribution >= 4 is 5.82 Å². The lowest BCUT2D eigenvalue weighted by Crippen LogP contribution is -2.57. The summed E-state index contributed by atoms with van der Waals surface area (Å²) < 4.78 is 6.08. The summed E-state index contributed by atoms with van der Waals surface area (Å²) in [6.45, 7) is 10.7. The molecule has 0 aliphatic carbocycles. The van der Waals surface area contributed by atoms with E-state index in [-0.39, 0.29) is 11.2 Å². The first-order valence-corrected chi connectivity index (χ1v) is 6.41. The molecule has 4 nitrogen and oxygen atoms in total. The highest BCUT2D eigenvalue weighted by Gasteiger charge is 2.38. The van der Waals surface area contributed by atoms with Gasteiger partial charge in [0.15, 0.2) is 0 Å². The molecule has 2 heterocycles.